The van der Waals surface area contributed by atoms with Crippen molar-refractivity contribution in [2.75, 3.05) is 32.7 Å². The van der Waals surface area contributed by atoms with Crippen LogP contribution in [-0.2, 0) is 14.4 Å². The highest BCUT2D eigenvalue weighted by atomic mass is 35.5. The van der Waals surface area contributed by atoms with Gasteiger partial charge in [-0.2, -0.15) is 0 Å². The molecule has 3 amide bonds. The summed E-state index contributed by atoms with van der Waals surface area (Å²) in [5.41, 5.74) is 0. The molecule has 0 aromatic rings. The minimum absolute atomic E-state index is 0. The highest BCUT2D eigenvalue weighted by molar-refractivity contribution is 5.89. The molecule has 24 heavy (non-hydrogen) atoms. The van der Waals surface area contributed by atoms with Crippen molar-refractivity contribution >= 4 is 30.1 Å². The van der Waals surface area contributed by atoms with Crippen LogP contribution >= 0.6 is 12.4 Å². The van der Waals surface area contributed by atoms with Crippen molar-refractivity contribution in [3.05, 3.63) is 0 Å². The minimum Gasteiger partial charge on any atom is -0.355 e. The molecule has 3 rings (SSSR count). The lowest BCUT2D eigenvalue weighted by Crippen LogP contribution is -2.48. The van der Waals surface area contributed by atoms with Gasteiger partial charge < -0.3 is 20.9 Å². The standard InChI is InChI=1S/C16H26N4O3.ClH/c21-14-7-12(9-18-14)16(23)20-6-2-3-11(10-20)8-19-15(22)13-4-1-5-17-13;/h11-13,17H,1-10H2,(H,18,21)(H,19,22);1H. The molecule has 3 atom stereocenters. The summed E-state index contributed by atoms with van der Waals surface area (Å²) >= 11 is 0. The zero-order valence-corrected chi connectivity index (χ0v) is 14.7. The number of likely N-dealkylation sites (tertiary alicyclic amines) is 1. The number of nitrogens with zero attached hydrogens (tertiary/aromatic N) is 1. The summed E-state index contributed by atoms with van der Waals surface area (Å²) in [6, 6.07) is -0.0492. The number of carbonyl (C=O) groups excluding carboxylic acids is 3. The van der Waals surface area contributed by atoms with Crippen molar-refractivity contribution < 1.29 is 14.4 Å². The number of piperidine rings is 1. The first-order valence-electron chi connectivity index (χ1n) is 8.70. The van der Waals surface area contributed by atoms with E-state index in [1.165, 1.54) is 0 Å². The van der Waals surface area contributed by atoms with E-state index in [1.54, 1.807) is 0 Å². The maximum Gasteiger partial charge on any atom is 0.237 e. The Hall–Kier alpha value is -1.34. The van der Waals surface area contributed by atoms with Crippen LogP contribution in [0.2, 0.25) is 0 Å². The minimum atomic E-state index is -0.210. The van der Waals surface area contributed by atoms with Crippen LogP contribution in [0, 0.1) is 11.8 Å². The predicted octanol–water partition coefficient (Wildman–Crippen LogP) is -0.349. The smallest absolute Gasteiger partial charge is 0.237 e. The molecule has 3 N–H and O–H groups in total. The molecule has 0 saturated carbocycles. The Balaban J connectivity index is 0.00000208. The first-order valence-corrected chi connectivity index (χ1v) is 8.70. The average Bonchev–Trinajstić information content (AvgIpc) is 3.24. The number of nitrogens with one attached hydrogen (secondary N) is 3. The SMILES string of the molecule is Cl.O=C1CC(C(=O)N2CCCC(CNC(=O)C3CCCN3)C2)CN1. The fourth-order valence-corrected chi connectivity index (χ4v) is 3.75. The van der Waals surface area contributed by atoms with Gasteiger partial charge in [-0.3, -0.25) is 14.4 Å². The Morgan fingerprint density at radius 1 is 1.25 bits per heavy atom. The topological polar surface area (TPSA) is 90.5 Å². The van der Waals surface area contributed by atoms with Gasteiger partial charge in [-0.25, -0.2) is 0 Å². The molecule has 3 saturated heterocycles. The van der Waals surface area contributed by atoms with Gasteiger partial charge in [-0.05, 0) is 38.1 Å². The summed E-state index contributed by atoms with van der Waals surface area (Å²) in [4.78, 5) is 37.7. The fourth-order valence-electron chi connectivity index (χ4n) is 3.75. The third-order valence-corrected chi connectivity index (χ3v) is 5.10. The van der Waals surface area contributed by atoms with Crippen LogP contribution in [0.15, 0.2) is 0 Å². The molecule has 3 heterocycles. The maximum absolute atomic E-state index is 12.5. The van der Waals surface area contributed by atoms with Gasteiger partial charge in [0.25, 0.3) is 0 Å². The van der Waals surface area contributed by atoms with Gasteiger partial charge in [0.1, 0.15) is 0 Å². The zero-order valence-electron chi connectivity index (χ0n) is 13.9. The Kier molecular flexibility index (Phi) is 6.86. The molecule has 0 bridgehead atoms. The number of hydrogen-bond acceptors (Lipinski definition) is 4. The number of halogens is 1. The van der Waals surface area contributed by atoms with Crippen molar-refractivity contribution in [1.82, 2.24) is 20.9 Å². The first kappa shape index (κ1) is 19.0. The molecule has 136 valence electrons. The summed E-state index contributed by atoms with van der Waals surface area (Å²) < 4.78 is 0. The van der Waals surface area contributed by atoms with Crippen LogP contribution in [0.25, 0.3) is 0 Å². The van der Waals surface area contributed by atoms with E-state index in [0.717, 1.165) is 38.8 Å². The molecule has 0 radical (unpaired) electrons. The molecule has 3 fully saturated rings. The Morgan fingerprint density at radius 2 is 2.08 bits per heavy atom. The van der Waals surface area contributed by atoms with Gasteiger partial charge in [0.2, 0.25) is 17.7 Å². The Morgan fingerprint density at radius 3 is 2.75 bits per heavy atom. The summed E-state index contributed by atoms with van der Waals surface area (Å²) in [5, 5.41) is 8.94. The van der Waals surface area contributed by atoms with Gasteiger partial charge in [-0.1, -0.05) is 0 Å². The maximum atomic E-state index is 12.5. The predicted molar refractivity (Wildman–Crippen MR) is 91.7 cm³/mol. The molecule has 8 heteroatoms. The van der Waals surface area contributed by atoms with E-state index in [-0.39, 0.29) is 42.1 Å². The fraction of sp³-hybridized carbons (Fsp3) is 0.812. The molecule has 0 aliphatic carbocycles. The molecule has 0 spiro atoms. The van der Waals surface area contributed by atoms with Gasteiger partial charge in [-0.15, -0.1) is 12.4 Å². The van der Waals surface area contributed by atoms with E-state index in [2.05, 4.69) is 16.0 Å². The van der Waals surface area contributed by atoms with Gasteiger partial charge >= 0.3 is 0 Å². The second kappa shape index (κ2) is 8.67. The van der Waals surface area contributed by atoms with Crippen molar-refractivity contribution in [3.63, 3.8) is 0 Å². The van der Waals surface area contributed by atoms with Gasteiger partial charge in [0, 0.05) is 32.6 Å². The number of hydrogen-bond donors (Lipinski definition) is 3. The molecule has 7 nitrogen and oxygen atoms in total. The lowest BCUT2D eigenvalue weighted by molar-refractivity contribution is -0.137. The van der Waals surface area contributed by atoms with E-state index in [1.807, 2.05) is 4.90 Å². The summed E-state index contributed by atoms with van der Waals surface area (Å²) in [6.07, 6.45) is 4.26. The lowest BCUT2D eigenvalue weighted by Gasteiger charge is -2.34. The van der Waals surface area contributed by atoms with Crippen LogP contribution in [0.3, 0.4) is 0 Å². The van der Waals surface area contributed by atoms with E-state index in [4.69, 9.17) is 0 Å². The van der Waals surface area contributed by atoms with E-state index >= 15 is 0 Å². The van der Waals surface area contributed by atoms with Crippen molar-refractivity contribution in [1.29, 1.82) is 0 Å². The molecule has 3 aliphatic rings. The highest BCUT2D eigenvalue weighted by Gasteiger charge is 2.33. The molecule has 3 aliphatic heterocycles. The van der Waals surface area contributed by atoms with Crippen molar-refractivity contribution in [2.24, 2.45) is 11.8 Å². The summed E-state index contributed by atoms with van der Waals surface area (Å²) in [6.45, 7) is 3.45. The second-order valence-electron chi connectivity index (χ2n) is 6.89. The van der Waals surface area contributed by atoms with Crippen LogP contribution < -0.4 is 16.0 Å². The largest absolute Gasteiger partial charge is 0.355 e. The number of rotatable bonds is 4. The Labute approximate surface area is 148 Å². The Bertz CT molecular complexity index is 482. The van der Waals surface area contributed by atoms with Gasteiger partial charge in [0.15, 0.2) is 0 Å². The molecular weight excluding hydrogens is 332 g/mol. The molecule has 0 aromatic carbocycles. The summed E-state index contributed by atoms with van der Waals surface area (Å²) in [7, 11) is 0. The lowest BCUT2D eigenvalue weighted by atomic mass is 9.96. The molecule has 3 unspecified atom stereocenters. The second-order valence-corrected chi connectivity index (χ2v) is 6.89. The molecular formula is C16H27ClN4O3. The van der Waals surface area contributed by atoms with Gasteiger partial charge in [0.05, 0.1) is 12.0 Å². The quantitative estimate of drug-likeness (QED) is 0.641. The van der Waals surface area contributed by atoms with E-state index < -0.39 is 0 Å². The zero-order chi connectivity index (χ0) is 16.2. The van der Waals surface area contributed by atoms with Crippen LogP contribution in [0.4, 0.5) is 0 Å². The third kappa shape index (κ3) is 4.60. The monoisotopic (exact) mass is 358 g/mol. The third-order valence-electron chi connectivity index (χ3n) is 5.10. The number of carbonyl (C=O) groups is 3. The van der Waals surface area contributed by atoms with Crippen molar-refractivity contribution in [3.8, 4) is 0 Å². The van der Waals surface area contributed by atoms with Crippen LogP contribution in [-0.4, -0.2) is 61.4 Å². The van der Waals surface area contributed by atoms with Crippen molar-refractivity contribution in [2.45, 2.75) is 38.1 Å². The van der Waals surface area contributed by atoms with E-state index in [9.17, 15) is 14.4 Å². The number of amides is 3. The first-order chi connectivity index (χ1) is 11.1. The molecule has 0 aromatic heterocycles. The average molecular weight is 359 g/mol. The van der Waals surface area contributed by atoms with Crippen LogP contribution in [0.1, 0.15) is 32.1 Å². The van der Waals surface area contributed by atoms with E-state index in [0.29, 0.717) is 32.0 Å². The van der Waals surface area contributed by atoms with Crippen LogP contribution in [0.5, 0.6) is 0 Å². The normalized spacial score (nSPS) is 29.8. The highest BCUT2D eigenvalue weighted by Crippen LogP contribution is 2.20. The summed E-state index contributed by atoms with van der Waals surface area (Å²) in [5.74, 6) is 0.225.